The average molecular weight is 217 g/mol. The van der Waals surface area contributed by atoms with E-state index in [0.717, 1.165) is 17.0 Å². The van der Waals surface area contributed by atoms with Gasteiger partial charge in [-0.3, -0.25) is 4.98 Å². The Balaban J connectivity index is 3.57. The van der Waals surface area contributed by atoms with Crippen molar-refractivity contribution in [3.8, 4) is 6.07 Å². The minimum atomic E-state index is 0.242. The van der Waals surface area contributed by atoms with Crippen LogP contribution < -0.4 is 5.73 Å². The highest BCUT2D eigenvalue weighted by molar-refractivity contribution is 5.60. The highest BCUT2D eigenvalue weighted by Gasteiger charge is 2.18. The van der Waals surface area contributed by atoms with Gasteiger partial charge in [-0.25, -0.2) is 0 Å². The molecule has 0 saturated carbocycles. The summed E-state index contributed by atoms with van der Waals surface area (Å²) in [6.45, 7) is 10.1. The molecule has 0 aromatic carbocycles. The second-order valence-electron chi connectivity index (χ2n) is 4.72. The predicted octanol–water partition coefficient (Wildman–Crippen LogP) is 3.09. The molecule has 86 valence electrons. The average Bonchev–Trinajstić information content (AvgIpc) is 2.20. The van der Waals surface area contributed by atoms with Gasteiger partial charge in [-0.2, -0.15) is 5.26 Å². The summed E-state index contributed by atoms with van der Waals surface area (Å²) in [6.07, 6.45) is 0. The number of nitrogens with zero attached hydrogens (tertiary/aromatic N) is 2. The first-order valence-electron chi connectivity index (χ1n) is 5.60. The molecule has 1 aromatic rings. The number of nitrogen functional groups attached to an aromatic ring is 1. The van der Waals surface area contributed by atoms with Crippen molar-refractivity contribution in [3.05, 3.63) is 22.5 Å². The standard InChI is InChI=1S/C13H19N3/c1-7(2)12-10(6-14)9(5)11(15)13(16-12)8(3)4/h7-8H,15H2,1-5H3. The summed E-state index contributed by atoms with van der Waals surface area (Å²) in [6, 6.07) is 2.21. The third-order valence-electron chi connectivity index (χ3n) is 2.76. The van der Waals surface area contributed by atoms with Crippen LogP contribution in [0, 0.1) is 18.3 Å². The van der Waals surface area contributed by atoms with Gasteiger partial charge in [0.05, 0.1) is 22.6 Å². The van der Waals surface area contributed by atoms with Crippen LogP contribution >= 0.6 is 0 Å². The van der Waals surface area contributed by atoms with E-state index in [4.69, 9.17) is 11.0 Å². The van der Waals surface area contributed by atoms with Crippen molar-refractivity contribution in [3.63, 3.8) is 0 Å². The highest BCUT2D eigenvalue weighted by atomic mass is 14.8. The van der Waals surface area contributed by atoms with Crippen LogP contribution in [0.1, 0.15) is 62.0 Å². The van der Waals surface area contributed by atoms with E-state index in [-0.39, 0.29) is 11.8 Å². The quantitative estimate of drug-likeness (QED) is 0.828. The molecule has 16 heavy (non-hydrogen) atoms. The molecule has 0 radical (unpaired) electrons. The van der Waals surface area contributed by atoms with Gasteiger partial charge in [-0.05, 0) is 24.3 Å². The lowest BCUT2D eigenvalue weighted by atomic mass is 9.95. The Morgan fingerprint density at radius 1 is 1.12 bits per heavy atom. The van der Waals surface area contributed by atoms with Crippen LogP contribution in [0.4, 0.5) is 5.69 Å². The molecule has 0 aliphatic rings. The first kappa shape index (κ1) is 12.5. The Bertz CT molecular complexity index is 439. The van der Waals surface area contributed by atoms with Gasteiger partial charge in [-0.15, -0.1) is 0 Å². The van der Waals surface area contributed by atoms with Gasteiger partial charge in [0.1, 0.15) is 6.07 Å². The molecule has 0 aliphatic carbocycles. The highest BCUT2D eigenvalue weighted by Crippen LogP contribution is 2.29. The second-order valence-corrected chi connectivity index (χ2v) is 4.72. The zero-order valence-electron chi connectivity index (χ0n) is 10.6. The fraction of sp³-hybridized carbons (Fsp3) is 0.538. The summed E-state index contributed by atoms with van der Waals surface area (Å²) in [5.41, 5.74) is 9.94. The SMILES string of the molecule is Cc1c(N)c(C(C)C)nc(C(C)C)c1C#N. The first-order chi connectivity index (χ1) is 7.40. The molecule has 0 bridgehead atoms. The Morgan fingerprint density at radius 2 is 1.62 bits per heavy atom. The molecule has 2 N–H and O–H groups in total. The first-order valence-corrected chi connectivity index (χ1v) is 5.60. The molecule has 0 unspecified atom stereocenters. The van der Waals surface area contributed by atoms with Crippen LogP contribution in [0.5, 0.6) is 0 Å². The summed E-state index contributed by atoms with van der Waals surface area (Å²) < 4.78 is 0. The van der Waals surface area contributed by atoms with Gasteiger partial charge in [0.2, 0.25) is 0 Å². The van der Waals surface area contributed by atoms with Crippen LogP contribution in [-0.2, 0) is 0 Å². The molecule has 0 aliphatic heterocycles. The maximum atomic E-state index is 9.16. The summed E-state index contributed by atoms with van der Waals surface area (Å²) in [7, 11) is 0. The van der Waals surface area contributed by atoms with Crippen molar-refractivity contribution < 1.29 is 0 Å². The third kappa shape index (κ3) is 2.01. The van der Waals surface area contributed by atoms with E-state index in [2.05, 4.69) is 24.9 Å². The van der Waals surface area contributed by atoms with Gasteiger partial charge in [0, 0.05) is 0 Å². The van der Waals surface area contributed by atoms with Gasteiger partial charge in [0.25, 0.3) is 0 Å². The zero-order chi connectivity index (χ0) is 12.5. The molecule has 3 heteroatoms. The number of nitriles is 1. The van der Waals surface area contributed by atoms with Crippen LogP contribution in [0.3, 0.4) is 0 Å². The largest absolute Gasteiger partial charge is 0.397 e. The lowest BCUT2D eigenvalue weighted by Crippen LogP contribution is -2.10. The lowest BCUT2D eigenvalue weighted by molar-refractivity contribution is 0.762. The van der Waals surface area contributed by atoms with Gasteiger partial charge in [-0.1, -0.05) is 27.7 Å². The van der Waals surface area contributed by atoms with E-state index < -0.39 is 0 Å². The number of pyridine rings is 1. The fourth-order valence-electron chi connectivity index (χ4n) is 1.76. The van der Waals surface area contributed by atoms with Crippen molar-refractivity contribution in [2.45, 2.75) is 46.5 Å². The summed E-state index contributed by atoms with van der Waals surface area (Å²) in [5.74, 6) is 0.524. The smallest absolute Gasteiger partial charge is 0.101 e. The number of anilines is 1. The molecule has 0 amide bonds. The van der Waals surface area contributed by atoms with E-state index in [0.29, 0.717) is 11.3 Å². The van der Waals surface area contributed by atoms with Crippen LogP contribution in [-0.4, -0.2) is 4.98 Å². The second kappa shape index (κ2) is 4.52. The summed E-state index contributed by atoms with van der Waals surface area (Å²) >= 11 is 0. The molecule has 0 atom stereocenters. The van der Waals surface area contributed by atoms with E-state index in [1.54, 1.807) is 0 Å². The van der Waals surface area contributed by atoms with Gasteiger partial charge >= 0.3 is 0 Å². The Kier molecular flexibility index (Phi) is 3.54. The number of nitrogens with two attached hydrogens (primary N) is 1. The Morgan fingerprint density at radius 3 is 2.00 bits per heavy atom. The minimum absolute atomic E-state index is 0.242. The predicted molar refractivity (Wildman–Crippen MR) is 66.3 cm³/mol. The molecule has 0 spiro atoms. The maximum Gasteiger partial charge on any atom is 0.101 e. The Hall–Kier alpha value is -1.56. The number of rotatable bonds is 2. The monoisotopic (exact) mass is 217 g/mol. The van der Waals surface area contributed by atoms with Crippen molar-refractivity contribution >= 4 is 5.69 Å². The third-order valence-corrected chi connectivity index (χ3v) is 2.76. The molecule has 0 saturated heterocycles. The zero-order valence-corrected chi connectivity index (χ0v) is 10.6. The molecule has 1 aromatic heterocycles. The van der Waals surface area contributed by atoms with E-state index in [9.17, 15) is 0 Å². The minimum Gasteiger partial charge on any atom is -0.397 e. The van der Waals surface area contributed by atoms with Crippen molar-refractivity contribution in [1.82, 2.24) is 4.98 Å². The fourth-order valence-corrected chi connectivity index (χ4v) is 1.76. The number of hydrogen-bond donors (Lipinski definition) is 1. The molecular weight excluding hydrogens is 198 g/mol. The summed E-state index contributed by atoms with van der Waals surface area (Å²) in [4.78, 5) is 4.56. The van der Waals surface area contributed by atoms with Crippen LogP contribution in [0.15, 0.2) is 0 Å². The summed E-state index contributed by atoms with van der Waals surface area (Å²) in [5, 5.41) is 9.16. The molecule has 1 heterocycles. The van der Waals surface area contributed by atoms with E-state index in [1.165, 1.54) is 0 Å². The maximum absolute atomic E-state index is 9.16. The van der Waals surface area contributed by atoms with Crippen molar-refractivity contribution in [1.29, 1.82) is 5.26 Å². The number of hydrogen-bond acceptors (Lipinski definition) is 3. The molecule has 1 rings (SSSR count). The Labute approximate surface area is 97.3 Å². The van der Waals surface area contributed by atoms with E-state index >= 15 is 0 Å². The lowest BCUT2D eigenvalue weighted by Gasteiger charge is -2.17. The van der Waals surface area contributed by atoms with Crippen LogP contribution in [0.25, 0.3) is 0 Å². The molecule has 0 fully saturated rings. The topological polar surface area (TPSA) is 62.7 Å². The normalized spacial score (nSPS) is 10.9. The number of aromatic nitrogens is 1. The van der Waals surface area contributed by atoms with E-state index in [1.807, 2.05) is 20.8 Å². The van der Waals surface area contributed by atoms with Crippen molar-refractivity contribution in [2.75, 3.05) is 5.73 Å². The van der Waals surface area contributed by atoms with Gasteiger partial charge in [0.15, 0.2) is 0 Å². The van der Waals surface area contributed by atoms with Crippen LogP contribution in [0.2, 0.25) is 0 Å². The molecular formula is C13H19N3. The van der Waals surface area contributed by atoms with Gasteiger partial charge < -0.3 is 5.73 Å². The van der Waals surface area contributed by atoms with Crippen molar-refractivity contribution in [2.24, 2.45) is 0 Å². The molecule has 3 nitrogen and oxygen atoms in total.